The summed E-state index contributed by atoms with van der Waals surface area (Å²) in [6.07, 6.45) is 2.01. The number of aldehydes is 1. The molecular formula is C24H25N3O3. The van der Waals surface area contributed by atoms with E-state index in [1.165, 1.54) is 5.39 Å². The SMILES string of the molecule is Cc1cc2ccccc2n1-c1ccc(C=O)cc1N1CCN(C(=O)C2(O)CC2)CC1. The van der Waals surface area contributed by atoms with Crippen molar-refractivity contribution in [2.24, 2.45) is 0 Å². The molecule has 2 aliphatic rings. The molecule has 1 aromatic heterocycles. The van der Waals surface area contributed by atoms with Gasteiger partial charge in [-0.15, -0.1) is 0 Å². The van der Waals surface area contributed by atoms with E-state index < -0.39 is 5.60 Å². The van der Waals surface area contributed by atoms with Gasteiger partial charge >= 0.3 is 0 Å². The van der Waals surface area contributed by atoms with Crippen molar-refractivity contribution in [3.05, 3.63) is 59.8 Å². The van der Waals surface area contributed by atoms with E-state index in [0.717, 1.165) is 28.9 Å². The maximum Gasteiger partial charge on any atom is 0.254 e. The fourth-order valence-electron chi connectivity index (χ4n) is 4.45. The molecule has 1 saturated heterocycles. The predicted molar refractivity (Wildman–Crippen MR) is 116 cm³/mol. The lowest BCUT2D eigenvalue weighted by molar-refractivity contribution is -0.142. The van der Waals surface area contributed by atoms with E-state index in [9.17, 15) is 14.7 Å². The third-order valence-electron chi connectivity index (χ3n) is 6.30. The minimum Gasteiger partial charge on any atom is -0.380 e. The van der Waals surface area contributed by atoms with Gasteiger partial charge in [-0.3, -0.25) is 9.59 Å². The summed E-state index contributed by atoms with van der Waals surface area (Å²) in [5, 5.41) is 11.3. The molecule has 2 fully saturated rings. The van der Waals surface area contributed by atoms with E-state index in [1.807, 2.05) is 30.3 Å². The smallest absolute Gasteiger partial charge is 0.254 e. The first-order chi connectivity index (χ1) is 14.5. The Hall–Kier alpha value is -3.12. The average molecular weight is 403 g/mol. The van der Waals surface area contributed by atoms with Crippen molar-refractivity contribution < 1.29 is 14.7 Å². The van der Waals surface area contributed by atoms with Crippen molar-refractivity contribution in [3.63, 3.8) is 0 Å². The van der Waals surface area contributed by atoms with Crippen LogP contribution in [0.15, 0.2) is 48.5 Å². The van der Waals surface area contributed by atoms with Crippen LogP contribution in [0.25, 0.3) is 16.6 Å². The van der Waals surface area contributed by atoms with Crippen LogP contribution in [0.5, 0.6) is 0 Å². The summed E-state index contributed by atoms with van der Waals surface area (Å²) in [5.74, 6) is -0.142. The molecular weight excluding hydrogens is 378 g/mol. The van der Waals surface area contributed by atoms with Crippen LogP contribution >= 0.6 is 0 Å². The Balaban J connectivity index is 1.50. The number of hydrogen-bond acceptors (Lipinski definition) is 4. The number of benzene rings is 2. The van der Waals surface area contributed by atoms with E-state index in [-0.39, 0.29) is 5.91 Å². The zero-order valence-electron chi connectivity index (χ0n) is 17.0. The summed E-state index contributed by atoms with van der Waals surface area (Å²) in [6.45, 7) is 4.55. The molecule has 1 saturated carbocycles. The number of carbonyl (C=O) groups excluding carboxylic acids is 2. The number of hydrogen-bond donors (Lipinski definition) is 1. The van der Waals surface area contributed by atoms with Crippen LogP contribution in [-0.4, -0.2) is 58.5 Å². The van der Waals surface area contributed by atoms with Gasteiger partial charge in [0.15, 0.2) is 0 Å². The Morgan fingerprint density at radius 2 is 1.73 bits per heavy atom. The molecule has 2 heterocycles. The number of aryl methyl sites for hydroxylation is 1. The Morgan fingerprint density at radius 1 is 1.00 bits per heavy atom. The maximum absolute atomic E-state index is 12.5. The van der Waals surface area contributed by atoms with Gasteiger partial charge in [-0.2, -0.15) is 0 Å². The molecule has 3 aromatic rings. The first kappa shape index (κ1) is 18.9. The van der Waals surface area contributed by atoms with Gasteiger partial charge < -0.3 is 19.5 Å². The summed E-state index contributed by atoms with van der Waals surface area (Å²) >= 11 is 0. The third kappa shape index (κ3) is 3.08. The largest absolute Gasteiger partial charge is 0.380 e. The monoisotopic (exact) mass is 403 g/mol. The van der Waals surface area contributed by atoms with Gasteiger partial charge in [-0.05, 0) is 50.1 Å². The van der Waals surface area contributed by atoms with Gasteiger partial charge in [0.1, 0.15) is 11.9 Å². The van der Waals surface area contributed by atoms with Gasteiger partial charge in [0.05, 0.1) is 16.9 Å². The fraction of sp³-hybridized carbons (Fsp3) is 0.333. The lowest BCUT2D eigenvalue weighted by atomic mass is 10.1. The number of amides is 1. The summed E-state index contributed by atoms with van der Waals surface area (Å²) in [4.78, 5) is 27.9. The lowest BCUT2D eigenvalue weighted by Crippen LogP contribution is -2.52. The number of carbonyl (C=O) groups is 2. The Kier molecular flexibility index (Phi) is 4.40. The van der Waals surface area contributed by atoms with Crippen LogP contribution in [-0.2, 0) is 4.79 Å². The molecule has 2 aromatic carbocycles. The van der Waals surface area contributed by atoms with Crippen molar-refractivity contribution in [1.29, 1.82) is 0 Å². The van der Waals surface area contributed by atoms with Crippen molar-refractivity contribution in [2.45, 2.75) is 25.4 Å². The molecule has 0 atom stereocenters. The highest BCUT2D eigenvalue weighted by Gasteiger charge is 2.50. The first-order valence-electron chi connectivity index (χ1n) is 10.4. The summed E-state index contributed by atoms with van der Waals surface area (Å²) in [5.41, 5.74) is 3.78. The molecule has 30 heavy (non-hydrogen) atoms. The third-order valence-corrected chi connectivity index (χ3v) is 6.30. The van der Waals surface area contributed by atoms with E-state index in [2.05, 4.69) is 34.6 Å². The van der Waals surface area contributed by atoms with Crippen molar-refractivity contribution >= 4 is 28.8 Å². The zero-order chi connectivity index (χ0) is 20.9. The van der Waals surface area contributed by atoms with E-state index in [1.54, 1.807) is 4.90 Å². The van der Waals surface area contributed by atoms with Crippen molar-refractivity contribution in [1.82, 2.24) is 9.47 Å². The Bertz CT molecular complexity index is 1140. The standard InChI is InChI=1S/C24H25N3O3/c1-17-14-19-4-2-3-5-20(19)27(17)21-7-6-18(16-28)15-22(21)25-10-12-26(13-11-25)23(29)24(30)8-9-24/h2-7,14-16,30H,8-13H2,1H3. The van der Waals surface area contributed by atoms with Crippen LogP contribution in [0, 0.1) is 6.92 Å². The average Bonchev–Trinajstić information content (AvgIpc) is 3.44. The van der Waals surface area contributed by atoms with E-state index >= 15 is 0 Å². The number of anilines is 1. The van der Waals surface area contributed by atoms with Gasteiger partial charge in [-0.25, -0.2) is 0 Å². The predicted octanol–water partition coefficient (Wildman–Crippen LogP) is 2.92. The maximum atomic E-state index is 12.5. The highest BCUT2D eigenvalue weighted by molar-refractivity contribution is 5.89. The summed E-state index contributed by atoms with van der Waals surface area (Å²) in [7, 11) is 0. The molecule has 5 rings (SSSR count). The minimum absolute atomic E-state index is 0.142. The number of aliphatic hydroxyl groups is 1. The topological polar surface area (TPSA) is 65.8 Å². The van der Waals surface area contributed by atoms with Crippen LogP contribution in [0.4, 0.5) is 5.69 Å². The van der Waals surface area contributed by atoms with E-state index in [0.29, 0.717) is 44.6 Å². The van der Waals surface area contributed by atoms with Gasteiger partial charge in [-0.1, -0.05) is 18.2 Å². The first-order valence-corrected chi connectivity index (χ1v) is 10.4. The summed E-state index contributed by atoms with van der Waals surface area (Å²) in [6, 6.07) is 16.2. The number of piperazine rings is 1. The van der Waals surface area contributed by atoms with Crippen molar-refractivity contribution in [3.8, 4) is 5.69 Å². The second kappa shape index (κ2) is 6.99. The number of nitrogens with zero attached hydrogens (tertiary/aromatic N) is 3. The number of rotatable bonds is 4. The van der Waals surface area contributed by atoms with E-state index in [4.69, 9.17) is 0 Å². The molecule has 0 bridgehead atoms. The molecule has 154 valence electrons. The van der Waals surface area contributed by atoms with Crippen LogP contribution in [0.1, 0.15) is 28.9 Å². The molecule has 0 radical (unpaired) electrons. The summed E-state index contributed by atoms with van der Waals surface area (Å²) < 4.78 is 2.23. The molecule has 6 heteroatoms. The molecule has 0 spiro atoms. The molecule has 1 N–H and O–H groups in total. The molecule has 1 amide bonds. The van der Waals surface area contributed by atoms with Crippen LogP contribution in [0.3, 0.4) is 0 Å². The van der Waals surface area contributed by atoms with Gasteiger partial charge in [0.2, 0.25) is 0 Å². The van der Waals surface area contributed by atoms with Crippen molar-refractivity contribution in [2.75, 3.05) is 31.1 Å². The molecule has 0 unspecified atom stereocenters. The molecule has 1 aliphatic carbocycles. The number of para-hydroxylation sites is 1. The second-order valence-electron chi connectivity index (χ2n) is 8.36. The number of aromatic nitrogens is 1. The zero-order valence-corrected chi connectivity index (χ0v) is 17.0. The fourth-order valence-corrected chi connectivity index (χ4v) is 4.45. The minimum atomic E-state index is -1.12. The second-order valence-corrected chi connectivity index (χ2v) is 8.36. The highest BCUT2D eigenvalue weighted by Crippen LogP contribution is 2.37. The van der Waals surface area contributed by atoms with Crippen LogP contribution < -0.4 is 4.90 Å². The van der Waals surface area contributed by atoms with Crippen LogP contribution in [0.2, 0.25) is 0 Å². The Labute approximate surface area is 175 Å². The number of fused-ring (bicyclic) bond motifs is 1. The normalized spacial score (nSPS) is 17.9. The Morgan fingerprint density at radius 3 is 2.43 bits per heavy atom. The molecule has 6 nitrogen and oxygen atoms in total. The molecule has 1 aliphatic heterocycles. The lowest BCUT2D eigenvalue weighted by Gasteiger charge is -2.38. The quantitative estimate of drug-likeness (QED) is 0.681. The van der Waals surface area contributed by atoms with Gasteiger partial charge in [0.25, 0.3) is 5.91 Å². The highest BCUT2D eigenvalue weighted by atomic mass is 16.3. The van der Waals surface area contributed by atoms with Gasteiger partial charge in [0, 0.05) is 42.8 Å².